The van der Waals surface area contributed by atoms with Gasteiger partial charge in [0.15, 0.2) is 0 Å². The van der Waals surface area contributed by atoms with Crippen molar-refractivity contribution in [2.45, 2.75) is 12.2 Å². The smallest absolute Gasteiger partial charge is 0.0438 e. The zero-order valence-corrected chi connectivity index (χ0v) is 10.3. The molecule has 0 heterocycles. The van der Waals surface area contributed by atoms with Gasteiger partial charge in [-0.2, -0.15) is 11.8 Å². The summed E-state index contributed by atoms with van der Waals surface area (Å²) >= 11 is 4.18. The first-order chi connectivity index (χ1) is 6.33. The number of benzene rings is 1. The molecule has 1 aromatic carbocycles. The zero-order valence-electron chi connectivity index (χ0n) is 7.37. The highest BCUT2D eigenvalue weighted by Crippen LogP contribution is 2.14. The first kappa shape index (κ1) is 11.3. The van der Waals surface area contributed by atoms with Crippen LogP contribution in [0.4, 0.5) is 0 Å². The Bertz CT molecular complexity index is 235. The summed E-state index contributed by atoms with van der Waals surface area (Å²) in [5.41, 5.74) is 1.36. The van der Waals surface area contributed by atoms with Crippen LogP contribution in [0, 0.1) is 3.57 Å². The third-order valence-corrected chi connectivity index (χ3v) is 3.46. The molecule has 0 saturated heterocycles. The van der Waals surface area contributed by atoms with E-state index in [-0.39, 0.29) is 0 Å². The highest BCUT2D eigenvalue weighted by atomic mass is 127. The minimum Gasteiger partial charge on any atom is -0.396 e. The number of aliphatic hydroxyl groups is 1. The normalized spacial score (nSPS) is 10.3. The summed E-state index contributed by atoms with van der Waals surface area (Å²) in [5.74, 6) is 2.10. The summed E-state index contributed by atoms with van der Waals surface area (Å²) in [5, 5.41) is 8.59. The van der Waals surface area contributed by atoms with E-state index in [1.807, 2.05) is 11.8 Å². The fraction of sp³-hybridized carbons (Fsp3) is 0.400. The summed E-state index contributed by atoms with van der Waals surface area (Å²) < 4.78 is 1.28. The van der Waals surface area contributed by atoms with Crippen molar-refractivity contribution in [1.82, 2.24) is 0 Å². The molecule has 3 heteroatoms. The number of hydrogen-bond donors (Lipinski definition) is 1. The van der Waals surface area contributed by atoms with Crippen molar-refractivity contribution in [3.05, 3.63) is 33.4 Å². The lowest BCUT2D eigenvalue weighted by Gasteiger charge is -2.00. The van der Waals surface area contributed by atoms with Gasteiger partial charge in [-0.3, -0.25) is 0 Å². The molecule has 1 N–H and O–H groups in total. The van der Waals surface area contributed by atoms with Gasteiger partial charge in [-0.05, 0) is 52.5 Å². The van der Waals surface area contributed by atoms with Crippen LogP contribution in [0.3, 0.4) is 0 Å². The number of aliphatic hydroxyl groups excluding tert-OH is 1. The van der Waals surface area contributed by atoms with Gasteiger partial charge >= 0.3 is 0 Å². The fourth-order valence-corrected chi connectivity index (χ4v) is 2.20. The minimum absolute atomic E-state index is 0.305. The second-order valence-electron chi connectivity index (χ2n) is 2.76. The number of thioether (sulfide) groups is 1. The number of rotatable bonds is 5. The first-order valence-corrected chi connectivity index (χ1v) is 6.49. The van der Waals surface area contributed by atoms with E-state index in [2.05, 4.69) is 46.9 Å². The van der Waals surface area contributed by atoms with Crippen LogP contribution in [0.25, 0.3) is 0 Å². The Kier molecular flexibility index (Phi) is 5.82. The predicted molar refractivity (Wildman–Crippen MR) is 67.0 cm³/mol. The Balaban J connectivity index is 2.25. The molecule has 1 rings (SSSR count). The van der Waals surface area contributed by atoms with E-state index >= 15 is 0 Å². The summed E-state index contributed by atoms with van der Waals surface area (Å²) in [4.78, 5) is 0. The van der Waals surface area contributed by atoms with E-state index in [4.69, 9.17) is 5.11 Å². The monoisotopic (exact) mass is 308 g/mol. The van der Waals surface area contributed by atoms with Gasteiger partial charge in [-0.1, -0.05) is 12.1 Å². The average molecular weight is 308 g/mol. The molecule has 0 bridgehead atoms. The predicted octanol–water partition coefficient (Wildman–Crippen LogP) is 2.91. The lowest BCUT2D eigenvalue weighted by Crippen LogP contribution is -1.87. The maximum absolute atomic E-state index is 8.59. The maximum atomic E-state index is 8.59. The number of halogens is 1. The fourth-order valence-electron chi connectivity index (χ4n) is 0.937. The third-order valence-electron chi connectivity index (χ3n) is 1.63. The first-order valence-electron chi connectivity index (χ1n) is 4.26. The van der Waals surface area contributed by atoms with E-state index in [9.17, 15) is 0 Å². The molecule has 0 fully saturated rings. The van der Waals surface area contributed by atoms with Crippen molar-refractivity contribution in [2.24, 2.45) is 0 Å². The van der Waals surface area contributed by atoms with Crippen LogP contribution in [-0.4, -0.2) is 17.5 Å². The van der Waals surface area contributed by atoms with E-state index < -0.39 is 0 Å². The van der Waals surface area contributed by atoms with Crippen LogP contribution in [0.1, 0.15) is 12.0 Å². The Morgan fingerprint density at radius 3 is 2.54 bits per heavy atom. The molecular formula is C10H13IOS. The van der Waals surface area contributed by atoms with Gasteiger partial charge in [0.2, 0.25) is 0 Å². The van der Waals surface area contributed by atoms with Crippen LogP contribution in [-0.2, 0) is 5.75 Å². The standard InChI is InChI=1S/C10H13IOS/c11-10-4-2-9(3-5-10)8-13-7-1-6-12/h2-5,12H,1,6-8H2. The van der Waals surface area contributed by atoms with Crippen molar-refractivity contribution >= 4 is 34.4 Å². The van der Waals surface area contributed by atoms with Crippen LogP contribution in [0.2, 0.25) is 0 Å². The van der Waals surface area contributed by atoms with Crippen LogP contribution in [0.5, 0.6) is 0 Å². The molecule has 0 spiro atoms. The van der Waals surface area contributed by atoms with Crippen molar-refractivity contribution < 1.29 is 5.11 Å². The van der Waals surface area contributed by atoms with Crippen molar-refractivity contribution in [2.75, 3.05) is 12.4 Å². The van der Waals surface area contributed by atoms with Gasteiger partial charge in [0, 0.05) is 15.9 Å². The van der Waals surface area contributed by atoms with Gasteiger partial charge in [0.05, 0.1) is 0 Å². The van der Waals surface area contributed by atoms with Crippen molar-refractivity contribution in [1.29, 1.82) is 0 Å². The van der Waals surface area contributed by atoms with Gasteiger partial charge in [0.1, 0.15) is 0 Å². The summed E-state index contributed by atoms with van der Waals surface area (Å²) in [6.45, 7) is 0.305. The molecule has 72 valence electrons. The van der Waals surface area contributed by atoms with E-state index in [1.54, 1.807) is 0 Å². The van der Waals surface area contributed by atoms with Crippen molar-refractivity contribution in [3.8, 4) is 0 Å². The van der Waals surface area contributed by atoms with Gasteiger partial charge in [-0.15, -0.1) is 0 Å². The molecule has 0 radical (unpaired) electrons. The van der Waals surface area contributed by atoms with Gasteiger partial charge < -0.3 is 5.11 Å². The van der Waals surface area contributed by atoms with E-state index in [0.717, 1.165) is 17.9 Å². The SMILES string of the molecule is OCCCSCc1ccc(I)cc1. The molecule has 0 aliphatic rings. The molecule has 0 aromatic heterocycles. The Labute approximate surface area is 97.1 Å². The Hall–Kier alpha value is 0.260. The lowest BCUT2D eigenvalue weighted by molar-refractivity contribution is 0.296. The summed E-state index contributed by atoms with van der Waals surface area (Å²) in [6.07, 6.45) is 0.898. The van der Waals surface area contributed by atoms with Gasteiger partial charge in [-0.25, -0.2) is 0 Å². The topological polar surface area (TPSA) is 20.2 Å². The minimum atomic E-state index is 0.305. The molecule has 0 unspecified atom stereocenters. The molecule has 0 aliphatic heterocycles. The van der Waals surface area contributed by atoms with E-state index in [1.165, 1.54) is 9.13 Å². The second-order valence-corrected chi connectivity index (χ2v) is 5.11. The molecule has 0 saturated carbocycles. The largest absolute Gasteiger partial charge is 0.396 e. The molecule has 13 heavy (non-hydrogen) atoms. The van der Waals surface area contributed by atoms with Gasteiger partial charge in [0.25, 0.3) is 0 Å². The molecular weight excluding hydrogens is 295 g/mol. The van der Waals surface area contributed by atoms with Crippen molar-refractivity contribution in [3.63, 3.8) is 0 Å². The highest BCUT2D eigenvalue weighted by Gasteiger charge is 1.93. The molecule has 1 aromatic rings. The summed E-state index contributed by atoms with van der Waals surface area (Å²) in [7, 11) is 0. The van der Waals surface area contributed by atoms with Crippen LogP contribution in [0.15, 0.2) is 24.3 Å². The average Bonchev–Trinajstić information content (AvgIpc) is 2.15. The Morgan fingerprint density at radius 2 is 1.92 bits per heavy atom. The van der Waals surface area contributed by atoms with Crippen LogP contribution >= 0.6 is 34.4 Å². The van der Waals surface area contributed by atoms with Crippen LogP contribution < -0.4 is 0 Å². The molecule has 1 nitrogen and oxygen atoms in total. The lowest BCUT2D eigenvalue weighted by atomic mass is 10.2. The molecule has 0 amide bonds. The highest BCUT2D eigenvalue weighted by molar-refractivity contribution is 14.1. The summed E-state index contributed by atoms with van der Waals surface area (Å²) in [6, 6.07) is 8.58. The molecule has 0 aliphatic carbocycles. The molecule has 0 atom stereocenters. The maximum Gasteiger partial charge on any atom is 0.0438 e. The quantitative estimate of drug-likeness (QED) is 0.667. The van der Waals surface area contributed by atoms with E-state index in [0.29, 0.717) is 6.61 Å². The number of hydrogen-bond acceptors (Lipinski definition) is 2. The Morgan fingerprint density at radius 1 is 1.23 bits per heavy atom. The third kappa shape index (κ3) is 4.88. The second kappa shape index (κ2) is 6.68. The zero-order chi connectivity index (χ0) is 9.52.